The molecule has 0 bridgehead atoms. The van der Waals surface area contributed by atoms with Crippen LogP contribution >= 0.6 is 0 Å². The van der Waals surface area contributed by atoms with Crippen molar-refractivity contribution in [3.63, 3.8) is 0 Å². The smallest absolute Gasteiger partial charge is 0.227 e. The molecular formula is C23H30N4O2. The van der Waals surface area contributed by atoms with E-state index in [2.05, 4.69) is 20.5 Å². The van der Waals surface area contributed by atoms with Crippen LogP contribution in [-0.2, 0) is 16.1 Å². The number of carbonyl (C=O) groups is 2. The Bertz CT molecular complexity index is 792. The van der Waals surface area contributed by atoms with Crippen molar-refractivity contribution in [2.45, 2.75) is 39.2 Å². The number of aryl methyl sites for hydroxylation is 1. The Kier molecular flexibility index (Phi) is 7.76. The van der Waals surface area contributed by atoms with Crippen LogP contribution in [0.2, 0.25) is 0 Å². The summed E-state index contributed by atoms with van der Waals surface area (Å²) >= 11 is 0. The zero-order valence-corrected chi connectivity index (χ0v) is 17.1. The quantitative estimate of drug-likeness (QED) is 0.836. The van der Waals surface area contributed by atoms with Crippen LogP contribution in [0.4, 0.5) is 5.69 Å². The molecule has 2 N–H and O–H groups in total. The van der Waals surface area contributed by atoms with Gasteiger partial charge in [-0.1, -0.05) is 17.7 Å². The molecule has 1 aromatic carbocycles. The predicted molar refractivity (Wildman–Crippen MR) is 114 cm³/mol. The minimum absolute atomic E-state index is 0.0306. The van der Waals surface area contributed by atoms with Crippen LogP contribution in [0.25, 0.3) is 0 Å². The Labute approximate surface area is 172 Å². The molecule has 0 saturated carbocycles. The molecule has 2 amide bonds. The summed E-state index contributed by atoms with van der Waals surface area (Å²) in [6.45, 7) is 4.93. The first kappa shape index (κ1) is 21.0. The Hall–Kier alpha value is -2.73. The number of pyridine rings is 1. The molecule has 1 saturated heterocycles. The number of amides is 2. The van der Waals surface area contributed by atoms with Crippen LogP contribution in [-0.4, -0.2) is 41.3 Å². The largest absolute Gasteiger partial charge is 0.356 e. The van der Waals surface area contributed by atoms with Gasteiger partial charge in [-0.25, -0.2) is 0 Å². The lowest BCUT2D eigenvalue weighted by Crippen LogP contribution is -2.31. The summed E-state index contributed by atoms with van der Waals surface area (Å²) in [6, 6.07) is 11.8. The van der Waals surface area contributed by atoms with Gasteiger partial charge in [-0.2, -0.15) is 0 Å². The summed E-state index contributed by atoms with van der Waals surface area (Å²) in [5, 5.41) is 5.99. The normalized spacial score (nSPS) is 19.1. The summed E-state index contributed by atoms with van der Waals surface area (Å²) < 4.78 is 0. The fourth-order valence-electron chi connectivity index (χ4n) is 3.60. The predicted octanol–water partition coefficient (Wildman–Crippen LogP) is 3.14. The van der Waals surface area contributed by atoms with Gasteiger partial charge in [-0.15, -0.1) is 0 Å². The van der Waals surface area contributed by atoms with Gasteiger partial charge in [0.05, 0.1) is 0 Å². The number of benzene rings is 1. The number of aromatic nitrogens is 1. The van der Waals surface area contributed by atoms with Crippen LogP contribution in [0.15, 0.2) is 48.8 Å². The molecule has 2 heterocycles. The highest BCUT2D eigenvalue weighted by molar-refractivity contribution is 5.92. The molecule has 1 atom stereocenters. The third-order valence-corrected chi connectivity index (χ3v) is 5.34. The van der Waals surface area contributed by atoms with Gasteiger partial charge >= 0.3 is 0 Å². The number of hydrogen-bond donors (Lipinski definition) is 2. The van der Waals surface area contributed by atoms with E-state index >= 15 is 0 Å². The number of nitrogens with zero attached hydrogens (tertiary/aromatic N) is 2. The van der Waals surface area contributed by atoms with Gasteiger partial charge in [-0.3, -0.25) is 19.5 Å². The van der Waals surface area contributed by atoms with E-state index in [1.165, 1.54) is 5.56 Å². The first-order chi connectivity index (χ1) is 14.1. The lowest BCUT2D eigenvalue weighted by molar-refractivity contribution is -0.122. The van der Waals surface area contributed by atoms with Crippen molar-refractivity contribution in [2.75, 3.05) is 25.0 Å². The highest BCUT2D eigenvalue weighted by atomic mass is 16.2. The van der Waals surface area contributed by atoms with Crippen LogP contribution in [0, 0.1) is 12.8 Å². The molecule has 6 nitrogen and oxygen atoms in total. The van der Waals surface area contributed by atoms with Gasteiger partial charge in [0.2, 0.25) is 11.8 Å². The van der Waals surface area contributed by atoms with E-state index in [0.29, 0.717) is 25.9 Å². The second-order valence-corrected chi connectivity index (χ2v) is 7.71. The van der Waals surface area contributed by atoms with Crippen LogP contribution < -0.4 is 10.6 Å². The third kappa shape index (κ3) is 6.98. The summed E-state index contributed by atoms with van der Waals surface area (Å²) in [5.74, 6) is -0.0372. The first-order valence-electron chi connectivity index (χ1n) is 10.4. The zero-order valence-electron chi connectivity index (χ0n) is 17.1. The maximum Gasteiger partial charge on any atom is 0.227 e. The van der Waals surface area contributed by atoms with E-state index in [4.69, 9.17) is 0 Å². The van der Waals surface area contributed by atoms with Gasteiger partial charge in [0.25, 0.3) is 0 Å². The topological polar surface area (TPSA) is 74.3 Å². The Morgan fingerprint density at radius 3 is 2.66 bits per heavy atom. The van der Waals surface area contributed by atoms with Crippen LogP contribution in [0.1, 0.15) is 36.8 Å². The lowest BCUT2D eigenvalue weighted by Gasteiger charge is -2.22. The van der Waals surface area contributed by atoms with E-state index in [0.717, 1.165) is 37.2 Å². The fraction of sp³-hybridized carbons (Fsp3) is 0.435. The molecule has 154 valence electrons. The molecule has 3 rings (SSSR count). The molecule has 0 radical (unpaired) electrons. The van der Waals surface area contributed by atoms with Gasteiger partial charge < -0.3 is 10.6 Å². The van der Waals surface area contributed by atoms with Gasteiger partial charge in [-0.05, 0) is 62.6 Å². The van der Waals surface area contributed by atoms with Crippen molar-refractivity contribution in [1.29, 1.82) is 0 Å². The summed E-state index contributed by atoms with van der Waals surface area (Å²) in [4.78, 5) is 31.3. The van der Waals surface area contributed by atoms with Crippen molar-refractivity contribution in [2.24, 2.45) is 5.92 Å². The monoisotopic (exact) mass is 394 g/mol. The number of rotatable bonds is 4. The average Bonchev–Trinajstić information content (AvgIpc) is 2.76. The Morgan fingerprint density at radius 1 is 1.14 bits per heavy atom. The summed E-state index contributed by atoms with van der Waals surface area (Å²) in [7, 11) is 0. The molecule has 0 aliphatic carbocycles. The van der Waals surface area contributed by atoms with Crippen molar-refractivity contribution >= 4 is 17.5 Å². The van der Waals surface area contributed by atoms with E-state index in [9.17, 15) is 9.59 Å². The minimum atomic E-state index is -0.113. The Morgan fingerprint density at radius 2 is 1.90 bits per heavy atom. The summed E-state index contributed by atoms with van der Waals surface area (Å²) in [5.41, 5.74) is 3.16. The SMILES string of the molecule is Cc1ccc(NC(=O)C2CCCN(Cc3ccncc3)CCC(=O)NCC2)cc1. The first-order valence-corrected chi connectivity index (χ1v) is 10.4. The minimum Gasteiger partial charge on any atom is -0.356 e. The number of nitrogens with one attached hydrogen (secondary N) is 2. The van der Waals surface area contributed by atoms with Crippen molar-refractivity contribution in [3.8, 4) is 0 Å². The van der Waals surface area contributed by atoms with E-state index in [-0.39, 0.29) is 17.7 Å². The maximum absolute atomic E-state index is 12.8. The molecule has 1 aliphatic heterocycles. The van der Waals surface area contributed by atoms with E-state index < -0.39 is 0 Å². The molecule has 6 heteroatoms. The summed E-state index contributed by atoms with van der Waals surface area (Å²) in [6.07, 6.45) is 6.45. The number of hydrogen-bond acceptors (Lipinski definition) is 4. The van der Waals surface area contributed by atoms with Crippen LogP contribution in [0.3, 0.4) is 0 Å². The lowest BCUT2D eigenvalue weighted by atomic mass is 9.97. The number of carbonyl (C=O) groups excluding carboxylic acids is 2. The molecule has 1 aliphatic rings. The van der Waals surface area contributed by atoms with E-state index in [1.54, 1.807) is 12.4 Å². The van der Waals surface area contributed by atoms with E-state index in [1.807, 2.05) is 43.3 Å². The molecular weight excluding hydrogens is 364 g/mol. The molecule has 1 aromatic heterocycles. The third-order valence-electron chi connectivity index (χ3n) is 5.34. The second-order valence-electron chi connectivity index (χ2n) is 7.71. The van der Waals surface area contributed by atoms with Crippen LogP contribution in [0.5, 0.6) is 0 Å². The van der Waals surface area contributed by atoms with Crippen molar-refractivity contribution < 1.29 is 9.59 Å². The maximum atomic E-state index is 12.8. The van der Waals surface area contributed by atoms with Gasteiger partial charge in [0.1, 0.15) is 0 Å². The Balaban J connectivity index is 1.60. The molecule has 1 unspecified atom stereocenters. The number of anilines is 1. The molecule has 2 aromatic rings. The fourth-order valence-corrected chi connectivity index (χ4v) is 3.60. The second kappa shape index (κ2) is 10.7. The molecule has 0 spiro atoms. The molecule has 29 heavy (non-hydrogen) atoms. The average molecular weight is 395 g/mol. The zero-order chi connectivity index (χ0) is 20.5. The van der Waals surface area contributed by atoms with Gasteiger partial charge in [0, 0.05) is 50.1 Å². The van der Waals surface area contributed by atoms with Gasteiger partial charge in [0.15, 0.2) is 0 Å². The highest BCUT2D eigenvalue weighted by Crippen LogP contribution is 2.17. The highest BCUT2D eigenvalue weighted by Gasteiger charge is 2.20. The molecule has 1 fully saturated rings. The van der Waals surface area contributed by atoms with Crippen molar-refractivity contribution in [3.05, 3.63) is 59.9 Å². The van der Waals surface area contributed by atoms with Crippen molar-refractivity contribution in [1.82, 2.24) is 15.2 Å². The standard InChI is InChI=1S/C23H30N4O2/c1-18-4-6-21(7-5-18)26-23(29)20-3-2-15-27(16-11-22(28)25-14-10-20)17-19-8-12-24-13-9-19/h4-9,12-13,20H,2-3,10-11,14-17H2,1H3,(H,25,28)(H,26,29).